The second-order valence-corrected chi connectivity index (χ2v) is 5.17. The van der Waals surface area contributed by atoms with Gasteiger partial charge in [-0.15, -0.1) is 0 Å². The van der Waals surface area contributed by atoms with E-state index in [1.165, 1.54) is 7.11 Å². The highest BCUT2D eigenvalue weighted by molar-refractivity contribution is 5.59. The highest BCUT2D eigenvalue weighted by Crippen LogP contribution is 2.29. The lowest BCUT2D eigenvalue weighted by Gasteiger charge is -2.09. The number of ether oxygens (including phenoxy) is 3. The van der Waals surface area contributed by atoms with Crippen LogP contribution < -0.4 is 14.2 Å². The predicted octanol–water partition coefficient (Wildman–Crippen LogP) is 3.81. The molecule has 0 fully saturated rings. The minimum atomic E-state index is 0.200. The fraction of sp³-hybridized carbons (Fsp3) is 0.158. The van der Waals surface area contributed by atoms with Crippen LogP contribution in [0, 0.1) is 11.3 Å². The summed E-state index contributed by atoms with van der Waals surface area (Å²) in [6, 6.07) is 16.4. The van der Waals surface area contributed by atoms with E-state index in [1.54, 1.807) is 25.3 Å². The molecule has 0 saturated carbocycles. The zero-order valence-corrected chi connectivity index (χ0v) is 13.9. The van der Waals surface area contributed by atoms with E-state index in [2.05, 4.69) is 11.2 Å². The van der Waals surface area contributed by atoms with Crippen molar-refractivity contribution in [3.05, 3.63) is 59.9 Å². The molecule has 0 aliphatic carbocycles. The van der Waals surface area contributed by atoms with E-state index < -0.39 is 0 Å². The highest BCUT2D eigenvalue weighted by atomic mass is 16.5. The number of hydrogen-bond acceptors (Lipinski definition) is 6. The van der Waals surface area contributed by atoms with Crippen molar-refractivity contribution in [2.45, 2.75) is 6.61 Å². The predicted molar refractivity (Wildman–Crippen MR) is 90.5 cm³/mol. The van der Waals surface area contributed by atoms with Crippen LogP contribution in [0.1, 0.15) is 11.3 Å². The van der Waals surface area contributed by atoms with Crippen LogP contribution in [0.15, 0.2) is 53.1 Å². The molecule has 1 aromatic heterocycles. The molecule has 0 amide bonds. The maximum atomic E-state index is 8.92. The van der Waals surface area contributed by atoms with Gasteiger partial charge in [0, 0.05) is 17.7 Å². The van der Waals surface area contributed by atoms with Crippen LogP contribution in [0.5, 0.6) is 17.2 Å². The van der Waals surface area contributed by atoms with E-state index in [0.717, 1.165) is 11.3 Å². The van der Waals surface area contributed by atoms with E-state index in [0.29, 0.717) is 28.5 Å². The SMILES string of the molecule is COc1ccc(-c2cc(COc3ccc(C#N)cc3OC)on2)cc1. The lowest BCUT2D eigenvalue weighted by molar-refractivity contribution is 0.239. The zero-order chi connectivity index (χ0) is 17.6. The first-order valence-electron chi connectivity index (χ1n) is 7.54. The van der Waals surface area contributed by atoms with Crippen molar-refractivity contribution < 1.29 is 18.7 Å². The summed E-state index contributed by atoms with van der Waals surface area (Å²) >= 11 is 0. The summed E-state index contributed by atoms with van der Waals surface area (Å²) in [5, 5.41) is 13.0. The molecule has 0 spiro atoms. The Kier molecular flexibility index (Phi) is 4.86. The quantitative estimate of drug-likeness (QED) is 0.681. The van der Waals surface area contributed by atoms with Crippen molar-refractivity contribution in [3.63, 3.8) is 0 Å². The monoisotopic (exact) mass is 336 g/mol. The van der Waals surface area contributed by atoms with Crippen LogP contribution in [-0.2, 0) is 6.61 Å². The second kappa shape index (κ2) is 7.41. The topological polar surface area (TPSA) is 77.5 Å². The molecule has 0 N–H and O–H groups in total. The number of aromatic nitrogens is 1. The van der Waals surface area contributed by atoms with Crippen molar-refractivity contribution in [3.8, 4) is 34.6 Å². The van der Waals surface area contributed by atoms with Gasteiger partial charge in [0.15, 0.2) is 17.3 Å². The van der Waals surface area contributed by atoms with Gasteiger partial charge in [-0.1, -0.05) is 5.16 Å². The summed E-state index contributed by atoms with van der Waals surface area (Å²) in [5.74, 6) is 2.39. The number of methoxy groups -OCH3 is 2. The zero-order valence-electron chi connectivity index (χ0n) is 13.9. The largest absolute Gasteiger partial charge is 0.497 e. The fourth-order valence-electron chi connectivity index (χ4n) is 2.28. The molecule has 0 aliphatic rings. The van der Waals surface area contributed by atoms with E-state index in [1.807, 2.05) is 30.3 Å². The molecule has 0 radical (unpaired) electrons. The Bertz CT molecular complexity index is 895. The number of nitrogens with zero attached hydrogens (tertiary/aromatic N) is 2. The van der Waals surface area contributed by atoms with Gasteiger partial charge in [-0.05, 0) is 36.4 Å². The van der Waals surface area contributed by atoms with Crippen molar-refractivity contribution in [2.24, 2.45) is 0 Å². The van der Waals surface area contributed by atoms with Crippen LogP contribution in [0.2, 0.25) is 0 Å². The molecule has 6 heteroatoms. The molecule has 0 bridgehead atoms. The molecule has 6 nitrogen and oxygen atoms in total. The van der Waals surface area contributed by atoms with Crippen LogP contribution in [-0.4, -0.2) is 19.4 Å². The second-order valence-electron chi connectivity index (χ2n) is 5.17. The van der Waals surface area contributed by atoms with E-state index in [-0.39, 0.29) is 6.61 Å². The third-order valence-electron chi connectivity index (χ3n) is 3.61. The van der Waals surface area contributed by atoms with Crippen molar-refractivity contribution in [1.29, 1.82) is 5.26 Å². The van der Waals surface area contributed by atoms with E-state index in [9.17, 15) is 0 Å². The Hall–Kier alpha value is -3.46. The van der Waals surface area contributed by atoms with Crippen LogP contribution in [0.25, 0.3) is 11.3 Å². The molecule has 3 rings (SSSR count). The number of hydrogen-bond donors (Lipinski definition) is 0. The summed E-state index contributed by atoms with van der Waals surface area (Å²) in [4.78, 5) is 0. The Balaban J connectivity index is 1.70. The van der Waals surface area contributed by atoms with Gasteiger partial charge in [0.2, 0.25) is 0 Å². The molecular formula is C19H16N2O4. The number of benzene rings is 2. The van der Waals surface area contributed by atoms with E-state index >= 15 is 0 Å². The highest BCUT2D eigenvalue weighted by Gasteiger charge is 2.10. The maximum absolute atomic E-state index is 8.92. The van der Waals surface area contributed by atoms with Gasteiger partial charge in [-0.25, -0.2) is 0 Å². The smallest absolute Gasteiger partial charge is 0.174 e. The first kappa shape index (κ1) is 16.4. The van der Waals surface area contributed by atoms with Crippen molar-refractivity contribution >= 4 is 0 Å². The third kappa shape index (κ3) is 3.72. The van der Waals surface area contributed by atoms with Gasteiger partial charge in [0.25, 0.3) is 0 Å². The molecule has 0 saturated heterocycles. The molecular weight excluding hydrogens is 320 g/mol. The Morgan fingerprint density at radius 1 is 1.00 bits per heavy atom. The summed E-state index contributed by atoms with van der Waals surface area (Å²) in [5.41, 5.74) is 2.14. The molecule has 0 unspecified atom stereocenters. The Morgan fingerprint density at radius 3 is 2.48 bits per heavy atom. The summed E-state index contributed by atoms with van der Waals surface area (Å²) in [6.07, 6.45) is 0. The third-order valence-corrected chi connectivity index (χ3v) is 3.61. The normalized spacial score (nSPS) is 10.1. The van der Waals surface area contributed by atoms with Crippen LogP contribution >= 0.6 is 0 Å². The van der Waals surface area contributed by atoms with Crippen LogP contribution in [0.4, 0.5) is 0 Å². The van der Waals surface area contributed by atoms with Gasteiger partial charge >= 0.3 is 0 Å². The molecule has 0 aliphatic heterocycles. The van der Waals surface area contributed by atoms with Gasteiger partial charge in [-0.2, -0.15) is 5.26 Å². The first-order valence-corrected chi connectivity index (χ1v) is 7.54. The lowest BCUT2D eigenvalue weighted by atomic mass is 10.1. The minimum Gasteiger partial charge on any atom is -0.497 e. The van der Waals surface area contributed by atoms with Crippen LogP contribution in [0.3, 0.4) is 0 Å². The molecule has 1 heterocycles. The molecule has 2 aromatic carbocycles. The van der Waals surface area contributed by atoms with Crippen molar-refractivity contribution in [1.82, 2.24) is 5.16 Å². The van der Waals surface area contributed by atoms with Gasteiger partial charge in [0.05, 0.1) is 25.9 Å². The van der Waals surface area contributed by atoms with E-state index in [4.69, 9.17) is 24.0 Å². The number of rotatable bonds is 6. The van der Waals surface area contributed by atoms with Gasteiger partial charge < -0.3 is 18.7 Å². The minimum absolute atomic E-state index is 0.200. The maximum Gasteiger partial charge on any atom is 0.174 e. The Labute approximate surface area is 145 Å². The molecule has 3 aromatic rings. The lowest BCUT2D eigenvalue weighted by Crippen LogP contribution is -1.97. The summed E-state index contributed by atoms with van der Waals surface area (Å²) in [7, 11) is 3.15. The molecule has 25 heavy (non-hydrogen) atoms. The summed E-state index contributed by atoms with van der Waals surface area (Å²) in [6.45, 7) is 0.200. The average Bonchev–Trinajstić information content (AvgIpc) is 3.15. The molecule has 0 atom stereocenters. The van der Waals surface area contributed by atoms with Crippen molar-refractivity contribution in [2.75, 3.05) is 14.2 Å². The number of nitriles is 1. The first-order chi connectivity index (χ1) is 12.2. The molecule has 126 valence electrons. The van der Waals surface area contributed by atoms with Gasteiger partial charge in [-0.3, -0.25) is 0 Å². The fourth-order valence-corrected chi connectivity index (χ4v) is 2.28. The Morgan fingerprint density at radius 2 is 1.80 bits per heavy atom. The van der Waals surface area contributed by atoms with Gasteiger partial charge in [0.1, 0.15) is 18.1 Å². The summed E-state index contributed by atoms with van der Waals surface area (Å²) < 4.78 is 21.4. The standard InChI is InChI=1S/C19H16N2O4/c1-22-15-6-4-14(5-7-15)17-10-16(25-21-17)12-24-18-8-3-13(11-20)9-19(18)23-2/h3-10H,12H2,1-2H3. The average molecular weight is 336 g/mol.